The van der Waals surface area contributed by atoms with E-state index in [0.29, 0.717) is 35.3 Å². The molecule has 16 nitrogen and oxygen atoms in total. The fourth-order valence-electron chi connectivity index (χ4n) is 8.93. The summed E-state index contributed by atoms with van der Waals surface area (Å²) in [4.78, 5) is 40.6. The summed E-state index contributed by atoms with van der Waals surface area (Å²) in [5.41, 5.74) is 5.65. The number of aromatic hydroxyl groups is 1. The number of aromatic carboxylic acids is 1. The molecular weight excluding hydrogens is 820 g/mol. The lowest BCUT2D eigenvalue weighted by molar-refractivity contribution is -0.199. The molecule has 0 radical (unpaired) electrons. The van der Waals surface area contributed by atoms with Crippen LogP contribution in [0.3, 0.4) is 0 Å². The predicted octanol–water partition coefficient (Wildman–Crippen LogP) is 5.83. The number of benzene rings is 2. The Balaban J connectivity index is 0.000000205. The van der Waals surface area contributed by atoms with E-state index >= 15 is 0 Å². The maximum Gasteiger partial charge on any atom is 0.526 e. The number of thiazole rings is 1. The van der Waals surface area contributed by atoms with Crippen molar-refractivity contribution in [3.05, 3.63) is 57.6 Å². The molecule has 6 atom stereocenters. The number of ether oxygens (including phenoxy) is 3. The molecule has 2 aliphatic heterocycles. The number of phenols is 1. The Morgan fingerprint density at radius 1 is 1.12 bits per heavy atom. The van der Waals surface area contributed by atoms with Crippen molar-refractivity contribution in [3.8, 4) is 23.0 Å². The molecular formula is C40H50B2ClN3O13S. The van der Waals surface area contributed by atoms with Gasteiger partial charge in [-0.25, -0.2) is 14.6 Å². The quantitative estimate of drug-likeness (QED) is 0.0381. The van der Waals surface area contributed by atoms with Gasteiger partial charge in [0.1, 0.15) is 45.4 Å². The molecule has 1 aromatic heterocycles. The van der Waals surface area contributed by atoms with Crippen LogP contribution >= 0.6 is 22.9 Å². The smallest absolute Gasteiger partial charge is 0.526 e. The maximum atomic E-state index is 13.0. The number of alkyl halides is 1. The van der Waals surface area contributed by atoms with Crippen LogP contribution in [0.4, 0.5) is 5.13 Å². The largest absolute Gasteiger partial charge is 0.535 e. The minimum atomic E-state index is -1.48. The lowest BCUT2D eigenvalue weighted by Crippen LogP contribution is -2.65. The highest BCUT2D eigenvalue weighted by molar-refractivity contribution is 7.13. The van der Waals surface area contributed by atoms with E-state index in [0.717, 1.165) is 23.3 Å². The van der Waals surface area contributed by atoms with Gasteiger partial charge in [0.15, 0.2) is 16.6 Å². The number of Topliss-reactive ketones (excluding diaryl/α,β-unsaturated/α-hetero) is 1. The second-order valence-electron chi connectivity index (χ2n) is 17.3. The fourth-order valence-corrected chi connectivity index (χ4v) is 9.75. The van der Waals surface area contributed by atoms with Crippen molar-refractivity contribution in [2.75, 3.05) is 20.0 Å². The SMILES string of the molecule is COc1ccc(C[C@@H](Cl)B2OC3C[C@@H]4C[C@@H](C4(C)C)[C@]3(C)O2)c(OC)c1C(=O)OC(C)(C)C.Nc1nc(/C(=N/O)C(=O)C[C@H]2Cc3ccc(O)c(C(=O)O)c3OB2O)cs1. The molecule has 6 N–H and O–H groups in total. The van der Waals surface area contributed by atoms with Gasteiger partial charge in [-0.1, -0.05) is 31.1 Å². The number of aromatic nitrogens is 1. The molecule has 322 valence electrons. The van der Waals surface area contributed by atoms with E-state index in [1.54, 1.807) is 6.07 Å². The van der Waals surface area contributed by atoms with Crippen molar-refractivity contribution in [1.82, 2.24) is 4.98 Å². The number of oxime groups is 1. The van der Waals surface area contributed by atoms with Crippen molar-refractivity contribution in [1.29, 1.82) is 0 Å². The van der Waals surface area contributed by atoms with Gasteiger partial charge in [0.2, 0.25) is 0 Å². The Bertz CT molecular complexity index is 2180. The number of nitrogens with two attached hydrogens (primary N) is 1. The Morgan fingerprint density at radius 2 is 1.83 bits per heavy atom. The summed E-state index contributed by atoms with van der Waals surface area (Å²) in [6.07, 6.45) is 2.57. The van der Waals surface area contributed by atoms with Gasteiger partial charge < -0.3 is 54.4 Å². The normalized spacial score (nSPS) is 24.4. The topological polar surface area (TPSA) is 239 Å². The molecule has 3 aromatic rings. The molecule has 20 heteroatoms. The number of halogens is 1. The Kier molecular flexibility index (Phi) is 12.8. The number of esters is 1. The van der Waals surface area contributed by atoms with E-state index in [4.69, 9.17) is 50.7 Å². The average Bonchev–Trinajstić information content (AvgIpc) is 3.77. The van der Waals surface area contributed by atoms with Gasteiger partial charge in [-0.2, -0.15) is 0 Å². The highest BCUT2D eigenvalue weighted by Gasteiger charge is 2.68. The standard InChI is InChI=1S/C25H36BClO6.C15H14BN3O7S/c1-23(2,3)31-22(28)20-16(29-7)10-9-14(21(20)30-8)11-19(27)26-32-18-13-15-12-17(24(15,4)5)25(18,6)33-26;17-15-18-8(5-27-15)12(19-25)10(21)4-7-3-6-1-2-9(20)11(14(22)23)13(6)26-16(7)24/h9-10,15,17-19H,11-13H2,1-8H3;1-2,5,7,20,24-25H,3-4H2,(H2,17,18)(H,22,23)/b;19-12-/t15-,17-,18?,19+,25-;7-/m01/s1. The second-order valence-corrected chi connectivity index (χ2v) is 18.7. The van der Waals surface area contributed by atoms with E-state index < -0.39 is 60.0 Å². The van der Waals surface area contributed by atoms with Crippen LogP contribution in [0.2, 0.25) is 5.82 Å². The molecule has 5 aliphatic rings. The number of nitrogen functional groups attached to an aromatic ring is 1. The predicted molar refractivity (Wildman–Crippen MR) is 224 cm³/mol. The first kappa shape index (κ1) is 45.0. The second kappa shape index (κ2) is 17.1. The first-order chi connectivity index (χ1) is 28.1. The minimum Gasteiger partial charge on any atom is -0.535 e. The van der Waals surface area contributed by atoms with Crippen LogP contribution in [0.5, 0.6) is 23.0 Å². The van der Waals surface area contributed by atoms with Crippen LogP contribution in [0.15, 0.2) is 34.8 Å². The number of ketones is 1. The summed E-state index contributed by atoms with van der Waals surface area (Å²) in [7, 11) is 1.04. The maximum absolute atomic E-state index is 13.0. The number of hydrogen-bond donors (Lipinski definition) is 5. The number of hydrogen-bond acceptors (Lipinski definition) is 16. The number of fused-ring (bicyclic) bond motifs is 1. The zero-order valence-corrected chi connectivity index (χ0v) is 36.3. The van der Waals surface area contributed by atoms with E-state index in [2.05, 4.69) is 30.9 Å². The number of carboxylic acid groups (broad SMARTS) is 1. The summed E-state index contributed by atoms with van der Waals surface area (Å²) in [6.45, 7) is 12.3. The monoisotopic (exact) mass is 869 g/mol. The number of methoxy groups -OCH3 is 2. The molecule has 0 spiro atoms. The van der Waals surface area contributed by atoms with Crippen molar-refractivity contribution in [2.24, 2.45) is 22.4 Å². The molecule has 3 saturated carbocycles. The van der Waals surface area contributed by atoms with E-state index in [1.165, 1.54) is 38.2 Å². The first-order valence-corrected chi connectivity index (χ1v) is 20.8. The summed E-state index contributed by atoms with van der Waals surface area (Å²) >= 11 is 7.95. The third kappa shape index (κ3) is 8.64. The van der Waals surface area contributed by atoms with E-state index in [1.807, 2.05) is 26.8 Å². The lowest BCUT2D eigenvalue weighted by Gasteiger charge is -2.64. The average molecular weight is 870 g/mol. The van der Waals surface area contributed by atoms with Gasteiger partial charge in [0.05, 0.1) is 31.2 Å². The zero-order valence-electron chi connectivity index (χ0n) is 34.7. The van der Waals surface area contributed by atoms with Gasteiger partial charge in [-0.15, -0.1) is 22.9 Å². The number of rotatable bonds is 11. The van der Waals surface area contributed by atoms with Crippen LogP contribution in [0.1, 0.15) is 98.3 Å². The van der Waals surface area contributed by atoms with Gasteiger partial charge in [0, 0.05) is 17.6 Å². The summed E-state index contributed by atoms with van der Waals surface area (Å²) in [6, 6.07) is 6.28. The van der Waals surface area contributed by atoms with E-state index in [-0.39, 0.29) is 57.8 Å². The molecule has 2 aromatic carbocycles. The number of carboxylic acids is 1. The molecule has 8 rings (SSSR count). The molecule has 0 amide bonds. The van der Waals surface area contributed by atoms with Crippen molar-refractivity contribution < 1.29 is 63.0 Å². The van der Waals surface area contributed by atoms with Crippen LogP contribution in [0, 0.1) is 17.3 Å². The molecule has 4 fully saturated rings. The summed E-state index contributed by atoms with van der Waals surface area (Å²) in [5, 5.41) is 42.5. The molecule has 2 bridgehead atoms. The highest BCUT2D eigenvalue weighted by Crippen LogP contribution is 2.66. The molecule has 3 heterocycles. The van der Waals surface area contributed by atoms with Gasteiger partial charge in [-0.3, -0.25) is 4.79 Å². The molecule has 1 unspecified atom stereocenters. The summed E-state index contributed by atoms with van der Waals surface area (Å²) in [5.74, 6) is -1.89. The van der Waals surface area contributed by atoms with Crippen LogP contribution in [-0.4, -0.2) is 99.9 Å². The minimum absolute atomic E-state index is 0.0654. The van der Waals surface area contributed by atoms with Crippen LogP contribution in [-0.2, 0) is 31.7 Å². The van der Waals surface area contributed by atoms with E-state index in [9.17, 15) is 29.6 Å². The van der Waals surface area contributed by atoms with Gasteiger partial charge in [-0.05, 0) is 93.9 Å². The Morgan fingerprint density at radius 3 is 2.42 bits per heavy atom. The third-order valence-corrected chi connectivity index (χ3v) is 13.1. The van der Waals surface area contributed by atoms with Crippen molar-refractivity contribution in [2.45, 2.75) is 102 Å². The zero-order chi connectivity index (χ0) is 44.1. The number of anilines is 1. The lowest BCUT2D eigenvalue weighted by atomic mass is 9.43. The van der Waals surface area contributed by atoms with Crippen molar-refractivity contribution >= 4 is 65.7 Å². The molecule has 1 saturated heterocycles. The third-order valence-electron chi connectivity index (χ3n) is 12.0. The fraction of sp³-hybridized carbons (Fsp3) is 0.525. The summed E-state index contributed by atoms with van der Waals surface area (Å²) < 4.78 is 34.8. The molecule has 60 heavy (non-hydrogen) atoms. The van der Waals surface area contributed by atoms with Gasteiger partial charge >= 0.3 is 26.2 Å². The number of carbonyl (C=O) groups is 3. The van der Waals surface area contributed by atoms with Gasteiger partial charge in [0.25, 0.3) is 0 Å². The Labute approximate surface area is 357 Å². The number of carbonyl (C=O) groups excluding carboxylic acids is 2. The molecule has 3 aliphatic carbocycles. The first-order valence-electron chi connectivity index (χ1n) is 19.5. The van der Waals surface area contributed by atoms with Crippen molar-refractivity contribution in [3.63, 3.8) is 0 Å². The highest BCUT2D eigenvalue weighted by atomic mass is 35.5. The van der Waals surface area contributed by atoms with Crippen LogP contribution in [0.25, 0.3) is 0 Å². The Hall–Kier alpha value is -4.55. The van der Waals surface area contributed by atoms with Crippen LogP contribution < -0.4 is 19.9 Å². The number of nitrogens with zero attached hydrogens (tertiary/aromatic N) is 2.